The number of carbonyl (C=O) groups excluding carboxylic acids is 1. The molecule has 0 saturated heterocycles. The van der Waals surface area contributed by atoms with E-state index >= 15 is 0 Å². The summed E-state index contributed by atoms with van der Waals surface area (Å²) in [5.41, 5.74) is 0. The molecule has 0 fully saturated rings. The van der Waals surface area contributed by atoms with E-state index in [2.05, 4.69) is 6.58 Å². The van der Waals surface area contributed by atoms with Gasteiger partial charge in [0, 0.05) is 6.92 Å². The molecule has 0 saturated carbocycles. The van der Waals surface area contributed by atoms with Crippen LogP contribution in [0.5, 0.6) is 0 Å². The van der Waals surface area contributed by atoms with Crippen molar-refractivity contribution in [2.75, 3.05) is 0 Å². The van der Waals surface area contributed by atoms with Crippen molar-refractivity contribution in [3.05, 3.63) is 12.7 Å². The van der Waals surface area contributed by atoms with Crippen molar-refractivity contribution in [3.8, 4) is 0 Å². The number of rotatable bonds is 2. The molecule has 4 heteroatoms. The van der Waals surface area contributed by atoms with Gasteiger partial charge in [-0.2, -0.15) is 0 Å². The predicted octanol–water partition coefficient (Wildman–Crippen LogP) is -1.05. The molecule has 0 aromatic heterocycles. The van der Waals surface area contributed by atoms with Crippen molar-refractivity contribution in [1.82, 2.24) is 5.32 Å². The summed E-state index contributed by atoms with van der Waals surface area (Å²) in [7, 11) is 0. The predicted molar refractivity (Wildman–Crippen MR) is 31.2 cm³/mol. The molecule has 0 aromatic carbocycles. The van der Waals surface area contributed by atoms with E-state index in [9.17, 15) is 4.79 Å². The van der Waals surface area contributed by atoms with E-state index in [4.69, 9.17) is 10.2 Å². The average Bonchev–Trinajstić information content (AvgIpc) is 1.62. The Bertz CT molecular complexity index is 125. The van der Waals surface area contributed by atoms with E-state index in [1.54, 1.807) is 0 Å². The normalized spacial score (nSPS) is 10.6. The number of hydrogen-bond acceptors (Lipinski definition) is 3. The summed E-state index contributed by atoms with van der Waals surface area (Å²) in [6, 6.07) is 0. The van der Waals surface area contributed by atoms with Crippen molar-refractivity contribution < 1.29 is 15.0 Å². The Labute approximate surface area is 52.8 Å². The van der Waals surface area contributed by atoms with Gasteiger partial charge in [0.15, 0.2) is 0 Å². The second kappa shape index (κ2) is 2.61. The van der Waals surface area contributed by atoms with E-state index in [1.165, 1.54) is 0 Å². The fourth-order valence-corrected chi connectivity index (χ4v) is 0.284. The minimum absolute atomic E-state index is 0.623. The number of hydrogen-bond donors (Lipinski definition) is 3. The van der Waals surface area contributed by atoms with Gasteiger partial charge in [-0.3, -0.25) is 4.79 Å². The third-order valence-corrected chi connectivity index (χ3v) is 0.545. The summed E-state index contributed by atoms with van der Waals surface area (Å²) >= 11 is 0. The molecule has 0 bridgehead atoms. The lowest BCUT2D eigenvalue weighted by molar-refractivity contribution is -0.175. The fraction of sp³-hybridized carbons (Fsp3) is 0.400. The van der Waals surface area contributed by atoms with Crippen molar-refractivity contribution in [2.45, 2.75) is 12.8 Å². The van der Waals surface area contributed by atoms with Crippen LogP contribution in [0, 0.1) is 0 Å². The molecule has 1 amide bonds. The largest absolute Gasteiger partial charge is 0.349 e. The maximum absolute atomic E-state index is 10.3. The second-order valence-electron chi connectivity index (χ2n) is 1.71. The zero-order valence-corrected chi connectivity index (χ0v) is 5.09. The van der Waals surface area contributed by atoms with E-state index in [0.717, 1.165) is 13.0 Å². The van der Waals surface area contributed by atoms with Gasteiger partial charge in [0.25, 0.3) is 0 Å². The fourth-order valence-electron chi connectivity index (χ4n) is 0.284. The standard InChI is InChI=1S/C5H9NO3/c1-3-4(7)6-5(2,8)9/h3,8-9H,1H2,2H3,(H,6,7). The highest BCUT2D eigenvalue weighted by Gasteiger charge is 2.15. The number of carbonyl (C=O) groups is 1. The number of aliphatic hydroxyl groups is 2. The van der Waals surface area contributed by atoms with Crippen LogP contribution in [0.25, 0.3) is 0 Å². The van der Waals surface area contributed by atoms with E-state index in [1.807, 2.05) is 5.32 Å². The van der Waals surface area contributed by atoms with Crippen molar-refractivity contribution in [3.63, 3.8) is 0 Å². The molecule has 0 aliphatic carbocycles. The monoisotopic (exact) mass is 131 g/mol. The molecule has 0 unspecified atom stereocenters. The summed E-state index contributed by atoms with van der Waals surface area (Å²) in [5.74, 6) is -2.77. The van der Waals surface area contributed by atoms with Gasteiger partial charge < -0.3 is 15.5 Å². The minimum Gasteiger partial charge on any atom is -0.349 e. The maximum atomic E-state index is 10.3. The molecule has 0 aromatic rings. The smallest absolute Gasteiger partial charge is 0.247 e. The van der Waals surface area contributed by atoms with Crippen molar-refractivity contribution >= 4 is 5.91 Å². The van der Waals surface area contributed by atoms with E-state index in [-0.39, 0.29) is 0 Å². The average molecular weight is 131 g/mol. The maximum Gasteiger partial charge on any atom is 0.247 e. The third kappa shape index (κ3) is 4.99. The zero-order chi connectivity index (χ0) is 7.49. The summed E-state index contributed by atoms with van der Waals surface area (Å²) < 4.78 is 0. The van der Waals surface area contributed by atoms with Crippen LogP contribution in [0.4, 0.5) is 0 Å². The van der Waals surface area contributed by atoms with Crippen LogP contribution in [0.3, 0.4) is 0 Å². The summed E-state index contributed by atoms with van der Waals surface area (Å²) in [6.45, 7) is 4.15. The van der Waals surface area contributed by atoms with Gasteiger partial charge in [-0.1, -0.05) is 6.58 Å². The molecule has 52 valence electrons. The molecule has 0 spiro atoms. The van der Waals surface area contributed by atoms with Crippen LogP contribution in [0.2, 0.25) is 0 Å². The topological polar surface area (TPSA) is 69.6 Å². The lowest BCUT2D eigenvalue weighted by atomic mass is 10.5. The molecule has 4 nitrogen and oxygen atoms in total. The van der Waals surface area contributed by atoms with Gasteiger partial charge in [0.05, 0.1) is 0 Å². The Kier molecular flexibility index (Phi) is 2.36. The summed E-state index contributed by atoms with van der Waals surface area (Å²) in [5, 5.41) is 18.8. The van der Waals surface area contributed by atoms with E-state index in [0.29, 0.717) is 0 Å². The van der Waals surface area contributed by atoms with Gasteiger partial charge in [-0.25, -0.2) is 0 Å². The molecule has 9 heavy (non-hydrogen) atoms. The van der Waals surface area contributed by atoms with Crippen LogP contribution < -0.4 is 5.32 Å². The molecule has 0 radical (unpaired) electrons. The highest BCUT2D eigenvalue weighted by molar-refractivity contribution is 5.87. The van der Waals surface area contributed by atoms with E-state index < -0.39 is 11.8 Å². The van der Waals surface area contributed by atoms with Gasteiger partial charge >= 0.3 is 0 Å². The molecule has 0 rings (SSSR count). The first kappa shape index (κ1) is 8.13. The Morgan fingerprint density at radius 2 is 2.22 bits per heavy atom. The molecular formula is C5H9NO3. The summed E-state index contributed by atoms with van der Waals surface area (Å²) in [6.07, 6.45) is 0.949. The molecule has 0 aliphatic rings. The first-order valence-electron chi connectivity index (χ1n) is 2.35. The molecule has 0 atom stereocenters. The second-order valence-corrected chi connectivity index (χ2v) is 1.71. The molecule has 0 heterocycles. The zero-order valence-electron chi connectivity index (χ0n) is 5.09. The van der Waals surface area contributed by atoms with Crippen molar-refractivity contribution in [2.24, 2.45) is 0 Å². The van der Waals surface area contributed by atoms with Gasteiger partial charge in [0.1, 0.15) is 0 Å². The third-order valence-electron chi connectivity index (χ3n) is 0.545. The van der Waals surface area contributed by atoms with Crippen LogP contribution in [0.1, 0.15) is 6.92 Å². The lowest BCUT2D eigenvalue weighted by Crippen LogP contribution is -2.44. The van der Waals surface area contributed by atoms with Crippen LogP contribution in [-0.2, 0) is 4.79 Å². The Morgan fingerprint density at radius 1 is 1.78 bits per heavy atom. The highest BCUT2D eigenvalue weighted by Crippen LogP contribution is 1.88. The highest BCUT2D eigenvalue weighted by atomic mass is 16.5. The van der Waals surface area contributed by atoms with Gasteiger partial charge in [-0.15, -0.1) is 0 Å². The first-order chi connectivity index (χ1) is 3.95. The molecular weight excluding hydrogens is 122 g/mol. The van der Waals surface area contributed by atoms with Crippen molar-refractivity contribution in [1.29, 1.82) is 0 Å². The van der Waals surface area contributed by atoms with Crippen LogP contribution in [-0.4, -0.2) is 22.0 Å². The minimum atomic E-state index is -2.15. The Balaban J connectivity index is 3.74. The number of amides is 1. The quantitative estimate of drug-likeness (QED) is 0.330. The lowest BCUT2D eigenvalue weighted by Gasteiger charge is -2.15. The Morgan fingerprint density at radius 3 is 2.33 bits per heavy atom. The van der Waals surface area contributed by atoms with Gasteiger partial charge in [0.2, 0.25) is 11.8 Å². The molecule has 3 N–H and O–H groups in total. The van der Waals surface area contributed by atoms with Crippen LogP contribution >= 0.6 is 0 Å². The SMILES string of the molecule is C=CC(=O)NC(C)(O)O. The van der Waals surface area contributed by atoms with Crippen LogP contribution in [0.15, 0.2) is 12.7 Å². The number of nitrogens with one attached hydrogen (secondary N) is 1. The summed E-state index contributed by atoms with van der Waals surface area (Å²) in [4.78, 5) is 10.3. The Hall–Kier alpha value is -0.870. The van der Waals surface area contributed by atoms with Gasteiger partial charge in [-0.05, 0) is 6.08 Å². The molecule has 0 aliphatic heterocycles. The first-order valence-corrected chi connectivity index (χ1v) is 2.35.